The maximum atomic E-state index is 11.7. The molecule has 0 aliphatic carbocycles. The molecule has 0 aliphatic heterocycles. The maximum absolute atomic E-state index is 11.7. The molecular formula is C5H2Cl2F2N2O. The molecule has 0 spiro atoms. The molecule has 3 nitrogen and oxygen atoms in total. The topological polar surface area (TPSA) is 35.0 Å². The minimum absolute atomic E-state index is 0.0601. The monoisotopic (exact) mass is 214 g/mol. The minimum atomic E-state index is -2.96. The molecule has 0 radical (unpaired) electrons. The zero-order valence-corrected chi connectivity index (χ0v) is 6.98. The van der Waals surface area contributed by atoms with Gasteiger partial charge < -0.3 is 4.74 Å². The van der Waals surface area contributed by atoms with Crippen molar-refractivity contribution >= 4 is 23.2 Å². The summed E-state index contributed by atoms with van der Waals surface area (Å²) in [6, 6.07) is 1.06. The summed E-state index contributed by atoms with van der Waals surface area (Å²) in [4.78, 5) is 0. The highest BCUT2D eigenvalue weighted by molar-refractivity contribution is 6.32. The highest BCUT2D eigenvalue weighted by atomic mass is 35.5. The van der Waals surface area contributed by atoms with E-state index < -0.39 is 6.61 Å². The third-order valence-corrected chi connectivity index (χ3v) is 1.35. The lowest BCUT2D eigenvalue weighted by Gasteiger charge is -2.04. The first-order chi connectivity index (χ1) is 5.59. The molecule has 1 aromatic rings. The number of ether oxygens (including phenoxy) is 1. The summed E-state index contributed by atoms with van der Waals surface area (Å²) in [7, 11) is 0. The first-order valence-electron chi connectivity index (χ1n) is 2.73. The van der Waals surface area contributed by atoms with Crippen molar-refractivity contribution in [1.82, 2.24) is 10.2 Å². The summed E-state index contributed by atoms with van der Waals surface area (Å²) in [5, 5.41) is 6.25. The zero-order valence-electron chi connectivity index (χ0n) is 5.47. The van der Waals surface area contributed by atoms with Crippen molar-refractivity contribution in [1.29, 1.82) is 0 Å². The van der Waals surface area contributed by atoms with Crippen LogP contribution in [-0.2, 0) is 0 Å². The number of aromatic nitrogens is 2. The second kappa shape index (κ2) is 3.82. The van der Waals surface area contributed by atoms with Crippen molar-refractivity contribution in [2.24, 2.45) is 0 Å². The van der Waals surface area contributed by atoms with Gasteiger partial charge in [0.25, 0.3) is 0 Å². The molecule has 12 heavy (non-hydrogen) atoms. The molecule has 0 aliphatic rings. The first kappa shape index (κ1) is 9.41. The van der Waals surface area contributed by atoms with Crippen LogP contribution in [-0.4, -0.2) is 16.8 Å². The van der Waals surface area contributed by atoms with Gasteiger partial charge in [-0.15, -0.1) is 10.2 Å². The van der Waals surface area contributed by atoms with Crippen LogP contribution in [0.25, 0.3) is 0 Å². The Bertz CT molecular complexity index is 284. The molecule has 0 atom stereocenters. The summed E-state index contributed by atoms with van der Waals surface area (Å²) in [5.74, 6) is -0.285. The van der Waals surface area contributed by atoms with E-state index in [1.807, 2.05) is 0 Å². The lowest BCUT2D eigenvalue weighted by Crippen LogP contribution is -2.03. The van der Waals surface area contributed by atoms with E-state index in [1.54, 1.807) is 0 Å². The lowest BCUT2D eigenvalue weighted by molar-refractivity contribution is -0.0500. The fourth-order valence-corrected chi connectivity index (χ4v) is 0.790. The molecule has 0 amide bonds. The minimum Gasteiger partial charge on any atom is -0.431 e. The average Bonchev–Trinajstić information content (AvgIpc) is 1.96. The van der Waals surface area contributed by atoms with Gasteiger partial charge in [0, 0.05) is 6.07 Å². The molecule has 1 aromatic heterocycles. The van der Waals surface area contributed by atoms with Crippen molar-refractivity contribution in [3.05, 3.63) is 16.4 Å². The van der Waals surface area contributed by atoms with Crippen LogP contribution in [0.15, 0.2) is 6.07 Å². The summed E-state index contributed by atoms with van der Waals surface area (Å²) in [6.07, 6.45) is 0. The van der Waals surface area contributed by atoms with E-state index in [2.05, 4.69) is 14.9 Å². The van der Waals surface area contributed by atoms with Gasteiger partial charge in [-0.25, -0.2) is 0 Å². The van der Waals surface area contributed by atoms with Crippen LogP contribution in [0.1, 0.15) is 0 Å². The quantitative estimate of drug-likeness (QED) is 0.759. The predicted octanol–water partition coefficient (Wildman–Crippen LogP) is 2.38. The van der Waals surface area contributed by atoms with Crippen molar-refractivity contribution in [3.8, 4) is 5.75 Å². The van der Waals surface area contributed by atoms with Crippen molar-refractivity contribution < 1.29 is 13.5 Å². The lowest BCUT2D eigenvalue weighted by atomic mass is 10.5. The normalized spacial score (nSPS) is 10.4. The Hall–Kier alpha value is -0.680. The van der Waals surface area contributed by atoms with E-state index in [0.717, 1.165) is 6.07 Å². The van der Waals surface area contributed by atoms with Crippen molar-refractivity contribution in [2.75, 3.05) is 0 Å². The zero-order chi connectivity index (χ0) is 9.14. The van der Waals surface area contributed by atoms with E-state index in [0.29, 0.717) is 0 Å². The fraction of sp³-hybridized carbons (Fsp3) is 0.200. The Kier molecular flexibility index (Phi) is 2.99. The standard InChI is InChI=1S/C5H2Cl2F2N2O/c6-3-1-2(12-5(8)9)4(7)11-10-3/h1,5H. The van der Waals surface area contributed by atoms with E-state index in [-0.39, 0.29) is 16.1 Å². The molecule has 66 valence electrons. The number of hydrogen-bond acceptors (Lipinski definition) is 3. The Morgan fingerprint density at radius 3 is 2.58 bits per heavy atom. The third kappa shape index (κ3) is 2.42. The van der Waals surface area contributed by atoms with Gasteiger partial charge >= 0.3 is 6.61 Å². The van der Waals surface area contributed by atoms with Gasteiger partial charge in [-0.05, 0) is 0 Å². The Morgan fingerprint density at radius 2 is 2.00 bits per heavy atom. The number of alkyl halides is 2. The molecule has 0 bridgehead atoms. The fourth-order valence-electron chi connectivity index (χ4n) is 0.516. The van der Waals surface area contributed by atoms with E-state index in [1.165, 1.54) is 0 Å². The van der Waals surface area contributed by atoms with Gasteiger partial charge in [-0.2, -0.15) is 8.78 Å². The van der Waals surface area contributed by atoms with Crippen LogP contribution in [0, 0.1) is 0 Å². The molecule has 0 N–H and O–H groups in total. The van der Waals surface area contributed by atoms with Crippen molar-refractivity contribution in [2.45, 2.75) is 6.61 Å². The SMILES string of the molecule is FC(F)Oc1cc(Cl)nnc1Cl. The Morgan fingerprint density at radius 1 is 1.33 bits per heavy atom. The molecule has 0 unspecified atom stereocenters. The maximum Gasteiger partial charge on any atom is 0.387 e. The number of halogens is 4. The largest absolute Gasteiger partial charge is 0.431 e. The summed E-state index contributed by atoms with van der Waals surface area (Å²) < 4.78 is 27.3. The van der Waals surface area contributed by atoms with Crippen LogP contribution in [0.4, 0.5) is 8.78 Å². The third-order valence-electron chi connectivity index (χ3n) is 0.903. The number of nitrogens with zero attached hydrogens (tertiary/aromatic N) is 2. The molecule has 1 heterocycles. The van der Waals surface area contributed by atoms with E-state index >= 15 is 0 Å². The molecular weight excluding hydrogens is 213 g/mol. The van der Waals surface area contributed by atoms with Crippen LogP contribution in [0.5, 0.6) is 5.75 Å². The summed E-state index contributed by atoms with van der Waals surface area (Å²) in [5.41, 5.74) is 0. The summed E-state index contributed by atoms with van der Waals surface area (Å²) in [6.45, 7) is -2.96. The predicted molar refractivity (Wildman–Crippen MR) is 38.7 cm³/mol. The Labute approximate surface area is 76.3 Å². The Balaban J connectivity index is 2.90. The number of hydrogen-bond donors (Lipinski definition) is 0. The van der Waals surface area contributed by atoms with Crippen molar-refractivity contribution in [3.63, 3.8) is 0 Å². The highest BCUT2D eigenvalue weighted by Crippen LogP contribution is 2.24. The second-order valence-electron chi connectivity index (χ2n) is 1.70. The van der Waals surface area contributed by atoms with Crippen LogP contribution in [0.2, 0.25) is 10.3 Å². The van der Waals surface area contributed by atoms with Crippen LogP contribution < -0.4 is 4.74 Å². The van der Waals surface area contributed by atoms with Crippen LogP contribution in [0.3, 0.4) is 0 Å². The molecule has 0 saturated heterocycles. The van der Waals surface area contributed by atoms with Gasteiger partial charge in [0.05, 0.1) is 0 Å². The van der Waals surface area contributed by atoms with E-state index in [4.69, 9.17) is 23.2 Å². The molecule has 1 rings (SSSR count). The number of rotatable bonds is 2. The van der Waals surface area contributed by atoms with E-state index in [9.17, 15) is 8.78 Å². The molecule has 0 saturated carbocycles. The van der Waals surface area contributed by atoms with Gasteiger partial charge in [-0.3, -0.25) is 0 Å². The van der Waals surface area contributed by atoms with Gasteiger partial charge in [0.15, 0.2) is 16.1 Å². The van der Waals surface area contributed by atoms with Gasteiger partial charge in [0.1, 0.15) is 0 Å². The smallest absolute Gasteiger partial charge is 0.387 e. The molecule has 0 fully saturated rings. The van der Waals surface area contributed by atoms with Gasteiger partial charge in [0.2, 0.25) is 0 Å². The second-order valence-corrected chi connectivity index (χ2v) is 2.45. The summed E-state index contributed by atoms with van der Waals surface area (Å²) >= 11 is 10.7. The average molecular weight is 215 g/mol. The molecule has 7 heteroatoms. The first-order valence-corrected chi connectivity index (χ1v) is 3.48. The highest BCUT2D eigenvalue weighted by Gasteiger charge is 2.10. The van der Waals surface area contributed by atoms with Crippen LogP contribution >= 0.6 is 23.2 Å². The molecule has 0 aromatic carbocycles. The van der Waals surface area contributed by atoms with Gasteiger partial charge in [-0.1, -0.05) is 23.2 Å².